The lowest BCUT2D eigenvalue weighted by Gasteiger charge is -1.96. The van der Waals surface area contributed by atoms with Crippen molar-refractivity contribution in [3.8, 4) is 0 Å². The van der Waals surface area contributed by atoms with Crippen LogP contribution in [0.15, 0.2) is 54.0 Å². The predicted octanol–water partition coefficient (Wildman–Crippen LogP) is 3.55. The fourth-order valence-electron chi connectivity index (χ4n) is 2.03. The van der Waals surface area contributed by atoms with Crippen molar-refractivity contribution < 1.29 is 4.57 Å². The van der Waals surface area contributed by atoms with E-state index in [9.17, 15) is 0 Å². The Morgan fingerprint density at radius 2 is 1.88 bits per heavy atom. The molecule has 0 N–H and O–H groups in total. The number of nitrogens with zero attached hydrogens (tertiary/aromatic N) is 1. The Morgan fingerprint density at radius 1 is 1.06 bits per heavy atom. The molecule has 3 aromatic rings. The third-order valence-corrected chi connectivity index (χ3v) is 3.89. The third kappa shape index (κ3) is 2.08. The van der Waals surface area contributed by atoms with Crippen LogP contribution in [-0.2, 0) is 6.54 Å². The van der Waals surface area contributed by atoms with Crippen molar-refractivity contribution in [2.24, 2.45) is 0 Å². The van der Waals surface area contributed by atoms with Crippen molar-refractivity contribution in [3.63, 3.8) is 0 Å². The van der Waals surface area contributed by atoms with Crippen LogP contribution in [-0.4, -0.2) is 0 Å². The van der Waals surface area contributed by atoms with Gasteiger partial charge in [-0.25, -0.2) is 0 Å². The maximum Gasteiger partial charge on any atom is 0.226 e. The lowest BCUT2D eigenvalue weighted by Crippen LogP contribution is -2.31. The van der Waals surface area contributed by atoms with E-state index in [1.165, 1.54) is 21.3 Å². The lowest BCUT2D eigenvalue weighted by molar-refractivity contribution is -0.658. The number of fused-ring (bicyclic) bond motifs is 1. The van der Waals surface area contributed by atoms with E-state index >= 15 is 0 Å². The third-order valence-electron chi connectivity index (χ3n) is 2.93. The number of hydrogen-bond donors (Lipinski definition) is 0. The molecule has 3 rings (SSSR count). The molecule has 1 aromatic heterocycles. The summed E-state index contributed by atoms with van der Waals surface area (Å²) in [5.74, 6) is 0. The minimum atomic E-state index is 0.949. The first-order valence-electron chi connectivity index (χ1n) is 5.74. The van der Waals surface area contributed by atoms with Crippen molar-refractivity contribution >= 4 is 21.6 Å². The smallest absolute Gasteiger partial charge is 0.184 e. The molecule has 1 nitrogen and oxygen atoms in total. The molecule has 0 atom stereocenters. The standard InChI is InChI=1S/C15H14NS/c1-12-7-8-15-14(9-12)16(11-17-15)10-13-5-3-2-4-6-13/h2-9,11H,10H2,1H3/q+1. The summed E-state index contributed by atoms with van der Waals surface area (Å²) in [5.41, 5.74) is 6.20. The highest BCUT2D eigenvalue weighted by molar-refractivity contribution is 7.16. The Balaban J connectivity index is 2.03. The molecule has 0 aliphatic carbocycles. The highest BCUT2D eigenvalue weighted by Crippen LogP contribution is 2.17. The van der Waals surface area contributed by atoms with Crippen LogP contribution in [0.5, 0.6) is 0 Å². The molecule has 0 saturated carbocycles. The van der Waals surface area contributed by atoms with E-state index < -0.39 is 0 Å². The zero-order valence-corrected chi connectivity index (χ0v) is 10.6. The monoisotopic (exact) mass is 240 g/mol. The number of hydrogen-bond acceptors (Lipinski definition) is 1. The molecule has 0 fully saturated rings. The Hall–Kier alpha value is -1.67. The summed E-state index contributed by atoms with van der Waals surface area (Å²) in [5, 5.41) is 0. The average Bonchev–Trinajstić information content (AvgIpc) is 2.73. The zero-order chi connectivity index (χ0) is 11.7. The second-order valence-corrected chi connectivity index (χ2v) is 5.19. The van der Waals surface area contributed by atoms with Gasteiger partial charge in [-0.1, -0.05) is 47.7 Å². The van der Waals surface area contributed by atoms with Crippen molar-refractivity contribution in [3.05, 3.63) is 65.2 Å². The summed E-state index contributed by atoms with van der Waals surface area (Å²) in [7, 11) is 0. The second-order valence-electron chi connectivity index (χ2n) is 4.31. The van der Waals surface area contributed by atoms with Crippen LogP contribution < -0.4 is 4.57 Å². The number of rotatable bonds is 2. The minimum absolute atomic E-state index is 0.949. The van der Waals surface area contributed by atoms with Crippen LogP contribution in [0.4, 0.5) is 0 Å². The molecule has 0 saturated heterocycles. The molecule has 0 radical (unpaired) electrons. The van der Waals surface area contributed by atoms with Gasteiger partial charge in [-0.3, -0.25) is 0 Å². The number of benzene rings is 2. The topological polar surface area (TPSA) is 3.88 Å². The minimum Gasteiger partial charge on any atom is -0.184 e. The molecule has 0 bridgehead atoms. The molecule has 84 valence electrons. The zero-order valence-electron chi connectivity index (χ0n) is 9.76. The van der Waals surface area contributed by atoms with E-state index in [-0.39, 0.29) is 0 Å². The molecule has 0 aliphatic rings. The van der Waals surface area contributed by atoms with Gasteiger partial charge in [0.05, 0.1) is 0 Å². The maximum atomic E-state index is 2.32. The Bertz CT molecular complexity index is 640. The first-order valence-corrected chi connectivity index (χ1v) is 6.62. The summed E-state index contributed by atoms with van der Waals surface area (Å²) in [6.45, 7) is 3.09. The van der Waals surface area contributed by atoms with Gasteiger partial charge in [0.15, 0.2) is 6.54 Å². The van der Waals surface area contributed by atoms with Gasteiger partial charge in [0.1, 0.15) is 4.70 Å². The van der Waals surface area contributed by atoms with Gasteiger partial charge in [-0.05, 0) is 18.6 Å². The molecule has 0 spiro atoms. The van der Waals surface area contributed by atoms with E-state index in [1.54, 1.807) is 11.3 Å². The van der Waals surface area contributed by atoms with E-state index in [0.29, 0.717) is 0 Å². The molecule has 2 aromatic carbocycles. The van der Waals surface area contributed by atoms with Crippen LogP contribution in [0.1, 0.15) is 11.1 Å². The van der Waals surface area contributed by atoms with Crippen LogP contribution >= 0.6 is 11.3 Å². The summed E-state index contributed by atoms with van der Waals surface area (Å²) >= 11 is 1.80. The van der Waals surface area contributed by atoms with Crippen molar-refractivity contribution in [1.29, 1.82) is 0 Å². The molecule has 0 amide bonds. The number of aryl methyl sites for hydroxylation is 1. The first kappa shape index (κ1) is 10.5. The number of aromatic nitrogens is 1. The van der Waals surface area contributed by atoms with Crippen molar-refractivity contribution in [2.45, 2.75) is 13.5 Å². The molecule has 17 heavy (non-hydrogen) atoms. The Morgan fingerprint density at radius 3 is 2.71 bits per heavy atom. The normalized spacial score (nSPS) is 10.9. The summed E-state index contributed by atoms with van der Waals surface area (Å²) in [6, 6.07) is 17.2. The second kappa shape index (κ2) is 4.30. The predicted molar refractivity (Wildman–Crippen MR) is 72.3 cm³/mol. The van der Waals surface area contributed by atoms with E-state index in [0.717, 1.165) is 6.54 Å². The van der Waals surface area contributed by atoms with Crippen LogP contribution in [0.3, 0.4) is 0 Å². The van der Waals surface area contributed by atoms with Crippen LogP contribution in [0, 0.1) is 6.92 Å². The van der Waals surface area contributed by atoms with Crippen molar-refractivity contribution in [2.75, 3.05) is 0 Å². The molecular formula is C15H14NS+. The summed E-state index contributed by atoms with van der Waals surface area (Å²) in [4.78, 5) is 0. The fourth-order valence-corrected chi connectivity index (χ4v) is 2.90. The van der Waals surface area contributed by atoms with Gasteiger partial charge in [0.2, 0.25) is 11.0 Å². The highest BCUT2D eigenvalue weighted by Gasteiger charge is 2.11. The maximum absolute atomic E-state index is 2.32. The van der Waals surface area contributed by atoms with Gasteiger partial charge in [0.25, 0.3) is 0 Å². The molecule has 2 heteroatoms. The van der Waals surface area contributed by atoms with E-state index in [1.807, 2.05) is 0 Å². The summed E-state index contributed by atoms with van der Waals surface area (Å²) in [6.07, 6.45) is 0. The largest absolute Gasteiger partial charge is 0.226 e. The van der Waals surface area contributed by atoms with Crippen molar-refractivity contribution in [1.82, 2.24) is 0 Å². The van der Waals surface area contributed by atoms with Gasteiger partial charge < -0.3 is 0 Å². The lowest BCUT2D eigenvalue weighted by atomic mass is 10.2. The first-order chi connectivity index (χ1) is 8.33. The molecule has 0 unspecified atom stereocenters. The van der Waals surface area contributed by atoms with Gasteiger partial charge in [0, 0.05) is 11.6 Å². The summed E-state index contributed by atoms with van der Waals surface area (Å²) < 4.78 is 3.68. The van der Waals surface area contributed by atoms with Crippen LogP contribution in [0.25, 0.3) is 10.2 Å². The quantitative estimate of drug-likeness (QED) is 0.603. The highest BCUT2D eigenvalue weighted by atomic mass is 32.1. The van der Waals surface area contributed by atoms with Gasteiger partial charge in [-0.15, -0.1) is 0 Å². The Kier molecular flexibility index (Phi) is 2.65. The van der Waals surface area contributed by atoms with E-state index in [2.05, 4.69) is 65.5 Å². The molecular weight excluding hydrogens is 226 g/mol. The number of thiazole rings is 1. The van der Waals surface area contributed by atoms with Crippen LogP contribution in [0.2, 0.25) is 0 Å². The molecule has 0 aliphatic heterocycles. The average molecular weight is 240 g/mol. The van der Waals surface area contributed by atoms with Gasteiger partial charge >= 0.3 is 0 Å². The van der Waals surface area contributed by atoms with E-state index in [4.69, 9.17) is 0 Å². The molecule has 1 heterocycles. The Labute approximate surface area is 105 Å². The fraction of sp³-hybridized carbons (Fsp3) is 0.133. The van der Waals surface area contributed by atoms with Gasteiger partial charge in [-0.2, -0.15) is 4.57 Å². The SMILES string of the molecule is Cc1ccc2sc[n+](Cc3ccccc3)c2c1.